The molecule has 0 bridgehead atoms. The van der Waals surface area contributed by atoms with Crippen LogP contribution in [0.25, 0.3) is 0 Å². The molecule has 4 N–H and O–H groups in total. The van der Waals surface area contributed by atoms with E-state index in [2.05, 4.69) is 20.9 Å². The summed E-state index contributed by atoms with van der Waals surface area (Å²) in [5.41, 5.74) is 0.639. The molecule has 12 heteroatoms. The number of amidine groups is 1. The highest BCUT2D eigenvalue weighted by Crippen LogP contribution is 2.31. The Bertz CT molecular complexity index is 1030. The predicted molar refractivity (Wildman–Crippen MR) is 167 cm³/mol. The van der Waals surface area contributed by atoms with Crippen LogP contribution < -0.4 is 20.9 Å². The number of ether oxygens (including phenoxy) is 1. The third-order valence-corrected chi connectivity index (χ3v) is 7.04. The van der Waals surface area contributed by atoms with Gasteiger partial charge in [-0.15, -0.1) is 0 Å². The summed E-state index contributed by atoms with van der Waals surface area (Å²) in [5, 5.41) is 17.2. The van der Waals surface area contributed by atoms with Crippen molar-refractivity contribution >= 4 is 35.5 Å². The van der Waals surface area contributed by atoms with E-state index < -0.39 is 5.82 Å². The second-order valence-electron chi connectivity index (χ2n) is 11.3. The van der Waals surface area contributed by atoms with Gasteiger partial charge in [0.25, 0.3) is 0 Å². The summed E-state index contributed by atoms with van der Waals surface area (Å²) >= 11 is 0. The predicted octanol–water partition coefficient (Wildman–Crippen LogP) is 2.89. The minimum Gasteiger partial charge on any atom is -0.460 e. The van der Waals surface area contributed by atoms with Crippen molar-refractivity contribution in [3.8, 4) is 0 Å². The van der Waals surface area contributed by atoms with Gasteiger partial charge >= 0.3 is 5.97 Å². The van der Waals surface area contributed by atoms with Gasteiger partial charge in [0.05, 0.1) is 11.4 Å². The van der Waals surface area contributed by atoms with Gasteiger partial charge in [-0.2, -0.15) is 0 Å². The quantitative estimate of drug-likeness (QED) is 0.149. The van der Waals surface area contributed by atoms with Crippen molar-refractivity contribution in [3.63, 3.8) is 0 Å². The lowest BCUT2D eigenvalue weighted by atomic mass is 9.97. The van der Waals surface area contributed by atoms with Gasteiger partial charge in [-0.25, -0.2) is 4.39 Å². The first-order chi connectivity index (χ1) is 19.4. The van der Waals surface area contributed by atoms with Crippen LogP contribution in [0.5, 0.6) is 0 Å². The van der Waals surface area contributed by atoms with E-state index in [9.17, 15) is 14.4 Å². The number of carbonyl (C=O) groups is 3. The number of piperazine rings is 1. The Balaban J connectivity index is 0.000000860. The molecule has 2 saturated heterocycles. The molecular weight excluding hydrogens is 541 g/mol. The van der Waals surface area contributed by atoms with E-state index in [1.54, 1.807) is 19.2 Å². The number of hydrogen-bond donors (Lipinski definition) is 4. The summed E-state index contributed by atoms with van der Waals surface area (Å²) < 4.78 is 20.3. The van der Waals surface area contributed by atoms with Crippen LogP contribution in [0.2, 0.25) is 0 Å². The third-order valence-electron chi connectivity index (χ3n) is 7.04. The van der Waals surface area contributed by atoms with Crippen LogP contribution in [0, 0.1) is 17.1 Å². The van der Waals surface area contributed by atoms with Crippen molar-refractivity contribution < 1.29 is 23.5 Å². The second kappa shape index (κ2) is 17.6. The standard InChI is InChI=1S/C23H36FN7O2.C6H12O2.CH4/c1-26-20(33)7-10-31(16-32)23(25)18-3-4-19(21(24)22(18)27-2)30-13-11-29(12-14-30)15-17-5-8-28-9-6-17;1-5(7)8-6(2,3)4;/h3-4,16-17,25,27-28H,5-15H2,1-2H3,(H,26,33);1-4H3;1H4. The molecule has 0 saturated carbocycles. The number of hydrogen-bond acceptors (Lipinski definition) is 9. The Kier molecular flexibility index (Phi) is 15.5. The van der Waals surface area contributed by atoms with Crippen LogP contribution in [-0.2, 0) is 19.1 Å². The van der Waals surface area contributed by atoms with Crippen molar-refractivity contribution in [1.29, 1.82) is 5.41 Å². The molecule has 0 spiro atoms. The highest BCUT2D eigenvalue weighted by molar-refractivity contribution is 6.06. The van der Waals surface area contributed by atoms with Gasteiger partial charge in [0.1, 0.15) is 11.4 Å². The molecule has 3 rings (SSSR count). The van der Waals surface area contributed by atoms with Crippen LogP contribution in [0.15, 0.2) is 12.1 Å². The average molecular weight is 594 g/mol. The molecule has 0 atom stereocenters. The number of benzene rings is 1. The van der Waals surface area contributed by atoms with Crippen molar-refractivity contribution in [2.24, 2.45) is 5.92 Å². The highest BCUT2D eigenvalue weighted by Gasteiger charge is 2.26. The summed E-state index contributed by atoms with van der Waals surface area (Å²) in [4.78, 5) is 38.9. The number of amides is 2. The first kappa shape index (κ1) is 36.8. The minimum atomic E-state index is -0.427. The summed E-state index contributed by atoms with van der Waals surface area (Å²) in [6.45, 7) is 13.6. The Hall–Kier alpha value is -3.25. The number of nitrogens with one attached hydrogen (secondary N) is 4. The number of piperidine rings is 1. The number of rotatable bonds is 9. The normalized spacial score (nSPS) is 15.8. The van der Waals surface area contributed by atoms with Gasteiger partial charge in [-0.05, 0) is 64.8 Å². The molecule has 2 fully saturated rings. The van der Waals surface area contributed by atoms with Gasteiger partial charge in [-0.1, -0.05) is 7.43 Å². The maximum Gasteiger partial charge on any atom is 0.303 e. The van der Waals surface area contributed by atoms with E-state index in [1.807, 2.05) is 25.7 Å². The zero-order valence-electron chi connectivity index (χ0n) is 25.4. The molecule has 2 heterocycles. The molecule has 0 aliphatic carbocycles. The van der Waals surface area contributed by atoms with Crippen LogP contribution in [-0.4, -0.2) is 106 Å². The lowest BCUT2D eigenvalue weighted by Gasteiger charge is -2.38. The van der Waals surface area contributed by atoms with E-state index in [0.717, 1.165) is 56.6 Å². The molecule has 238 valence electrons. The molecule has 1 aromatic carbocycles. The Morgan fingerprint density at radius 3 is 2.26 bits per heavy atom. The Morgan fingerprint density at radius 1 is 1.17 bits per heavy atom. The molecule has 0 radical (unpaired) electrons. The van der Waals surface area contributed by atoms with Crippen LogP contribution >= 0.6 is 0 Å². The molecule has 0 unspecified atom stereocenters. The molecule has 42 heavy (non-hydrogen) atoms. The van der Waals surface area contributed by atoms with Gasteiger partial charge in [-0.3, -0.25) is 29.6 Å². The first-order valence-electron chi connectivity index (χ1n) is 14.3. The monoisotopic (exact) mass is 593 g/mol. The van der Waals surface area contributed by atoms with Gasteiger partial charge in [0.2, 0.25) is 12.3 Å². The molecular formula is C30H52FN7O4. The maximum absolute atomic E-state index is 15.5. The largest absolute Gasteiger partial charge is 0.460 e. The first-order valence-corrected chi connectivity index (χ1v) is 14.3. The average Bonchev–Trinajstić information content (AvgIpc) is 2.93. The van der Waals surface area contributed by atoms with E-state index in [1.165, 1.54) is 26.8 Å². The van der Waals surface area contributed by atoms with Crippen LogP contribution in [0.4, 0.5) is 15.8 Å². The van der Waals surface area contributed by atoms with E-state index in [4.69, 9.17) is 10.1 Å². The Morgan fingerprint density at radius 2 is 1.79 bits per heavy atom. The molecule has 2 aliphatic rings. The number of nitrogens with zero attached hydrogens (tertiary/aromatic N) is 3. The highest BCUT2D eigenvalue weighted by atomic mass is 19.1. The smallest absolute Gasteiger partial charge is 0.303 e. The fraction of sp³-hybridized carbons (Fsp3) is 0.667. The maximum atomic E-state index is 15.5. The summed E-state index contributed by atoms with van der Waals surface area (Å²) in [7, 11) is 3.12. The van der Waals surface area contributed by atoms with Gasteiger partial charge < -0.3 is 25.6 Å². The van der Waals surface area contributed by atoms with E-state index in [-0.39, 0.29) is 55.0 Å². The Labute approximate surface area is 251 Å². The molecule has 2 amide bonds. The molecule has 11 nitrogen and oxygen atoms in total. The molecule has 0 aromatic heterocycles. The number of halogens is 1. The lowest BCUT2D eigenvalue weighted by molar-refractivity contribution is -0.151. The van der Waals surface area contributed by atoms with Crippen molar-refractivity contribution in [1.82, 2.24) is 20.4 Å². The fourth-order valence-electron chi connectivity index (χ4n) is 5.00. The molecule has 1 aromatic rings. The summed E-state index contributed by atoms with van der Waals surface area (Å²) in [6, 6.07) is 3.36. The van der Waals surface area contributed by atoms with Crippen molar-refractivity contribution in [2.75, 3.05) is 76.7 Å². The lowest BCUT2D eigenvalue weighted by Crippen LogP contribution is -2.49. The topological polar surface area (TPSA) is 130 Å². The molecule has 2 aliphatic heterocycles. The number of anilines is 2. The summed E-state index contributed by atoms with van der Waals surface area (Å²) in [5.74, 6) is -0.291. The van der Waals surface area contributed by atoms with Crippen LogP contribution in [0.1, 0.15) is 59.9 Å². The fourth-order valence-corrected chi connectivity index (χ4v) is 5.00. The van der Waals surface area contributed by atoms with Crippen molar-refractivity contribution in [2.45, 2.75) is 60.0 Å². The van der Waals surface area contributed by atoms with Gasteiger partial charge in [0, 0.05) is 72.3 Å². The van der Waals surface area contributed by atoms with Crippen LogP contribution in [0.3, 0.4) is 0 Å². The van der Waals surface area contributed by atoms with Gasteiger partial charge in [0.15, 0.2) is 5.82 Å². The minimum absolute atomic E-state index is 0. The third kappa shape index (κ3) is 11.6. The second-order valence-corrected chi connectivity index (χ2v) is 11.3. The zero-order valence-corrected chi connectivity index (χ0v) is 25.4. The van der Waals surface area contributed by atoms with E-state index in [0.29, 0.717) is 12.1 Å². The number of esters is 1. The number of carbonyl (C=O) groups excluding carboxylic acids is 3. The zero-order chi connectivity index (χ0) is 30.6. The summed E-state index contributed by atoms with van der Waals surface area (Å²) in [6.07, 6.45) is 3.00. The SMILES string of the molecule is C.CC(=O)OC(C)(C)C.CNC(=O)CCN(C=O)C(=N)c1ccc(N2CCN(CC3CCNCC3)CC2)c(F)c1NC. The van der Waals surface area contributed by atoms with E-state index >= 15 is 4.39 Å². The van der Waals surface area contributed by atoms with Crippen molar-refractivity contribution in [3.05, 3.63) is 23.5 Å².